The molecule has 0 bridgehead atoms. The van der Waals surface area contributed by atoms with Crippen LogP contribution < -0.4 is 9.47 Å². The summed E-state index contributed by atoms with van der Waals surface area (Å²) >= 11 is 0. The van der Waals surface area contributed by atoms with Crippen molar-refractivity contribution < 1.29 is 14.3 Å². The minimum Gasteiger partial charge on any atom is -0.493 e. The Labute approximate surface area is 159 Å². The van der Waals surface area contributed by atoms with Crippen molar-refractivity contribution in [3.05, 3.63) is 82.9 Å². The highest BCUT2D eigenvalue weighted by atomic mass is 16.5. The molecular formula is C24H22O3. The lowest BCUT2D eigenvalue weighted by molar-refractivity contribution is 0.112. The number of ether oxygens (including phenoxy) is 2. The van der Waals surface area contributed by atoms with Crippen LogP contribution in [-0.4, -0.2) is 12.9 Å². The number of hydrogen-bond acceptors (Lipinski definition) is 3. The third-order valence-electron chi connectivity index (χ3n) is 5.01. The van der Waals surface area contributed by atoms with Gasteiger partial charge in [-0.05, 0) is 71.8 Å². The standard InChI is InChI=1S/C24H22O3/c1-17-22(27-16-18-6-3-2-4-7-18)11-10-21(15-25)24(17)20-9-12-23-19(14-20)8-5-13-26-23/h2-4,6-7,9-12,14-15H,5,8,13,16H2,1H3. The van der Waals surface area contributed by atoms with Gasteiger partial charge in [-0.1, -0.05) is 36.4 Å². The molecule has 1 aliphatic heterocycles. The molecule has 0 unspecified atom stereocenters. The number of benzene rings is 3. The monoisotopic (exact) mass is 358 g/mol. The molecule has 0 aliphatic carbocycles. The Hall–Kier alpha value is -3.07. The summed E-state index contributed by atoms with van der Waals surface area (Å²) in [5.74, 6) is 1.75. The maximum atomic E-state index is 11.7. The van der Waals surface area contributed by atoms with Crippen molar-refractivity contribution in [1.29, 1.82) is 0 Å². The van der Waals surface area contributed by atoms with Crippen LogP contribution >= 0.6 is 0 Å². The lowest BCUT2D eigenvalue weighted by Crippen LogP contribution is -2.08. The van der Waals surface area contributed by atoms with Gasteiger partial charge in [0.15, 0.2) is 6.29 Å². The third-order valence-corrected chi connectivity index (χ3v) is 5.01. The summed E-state index contributed by atoms with van der Waals surface area (Å²) < 4.78 is 11.8. The van der Waals surface area contributed by atoms with Gasteiger partial charge >= 0.3 is 0 Å². The first-order valence-electron chi connectivity index (χ1n) is 9.28. The van der Waals surface area contributed by atoms with Crippen molar-refractivity contribution in [2.45, 2.75) is 26.4 Å². The summed E-state index contributed by atoms with van der Waals surface area (Å²) in [4.78, 5) is 11.7. The largest absolute Gasteiger partial charge is 0.493 e. The number of carbonyl (C=O) groups is 1. The van der Waals surface area contributed by atoms with Crippen LogP contribution in [-0.2, 0) is 13.0 Å². The molecule has 3 nitrogen and oxygen atoms in total. The predicted octanol–water partition coefficient (Wildman–Crippen LogP) is 5.38. The number of rotatable bonds is 5. The van der Waals surface area contributed by atoms with E-state index in [1.165, 1.54) is 5.56 Å². The molecule has 1 heterocycles. The molecule has 27 heavy (non-hydrogen) atoms. The molecule has 3 aromatic carbocycles. The van der Waals surface area contributed by atoms with Crippen LogP contribution in [0.3, 0.4) is 0 Å². The smallest absolute Gasteiger partial charge is 0.150 e. The fourth-order valence-electron chi connectivity index (χ4n) is 3.60. The first-order valence-corrected chi connectivity index (χ1v) is 9.28. The Bertz CT molecular complexity index is 961. The summed E-state index contributed by atoms with van der Waals surface area (Å²) in [6, 6.07) is 20.0. The van der Waals surface area contributed by atoms with Crippen molar-refractivity contribution in [1.82, 2.24) is 0 Å². The van der Waals surface area contributed by atoms with E-state index in [0.29, 0.717) is 12.2 Å². The van der Waals surface area contributed by atoms with Crippen LogP contribution in [0.4, 0.5) is 0 Å². The molecule has 0 amide bonds. The van der Waals surface area contributed by atoms with Gasteiger partial charge in [0.2, 0.25) is 0 Å². The average Bonchev–Trinajstić information content (AvgIpc) is 2.73. The zero-order chi connectivity index (χ0) is 18.6. The van der Waals surface area contributed by atoms with Crippen molar-refractivity contribution in [3.8, 4) is 22.6 Å². The first kappa shape index (κ1) is 17.3. The van der Waals surface area contributed by atoms with Crippen molar-refractivity contribution in [3.63, 3.8) is 0 Å². The highest BCUT2D eigenvalue weighted by molar-refractivity contribution is 5.90. The van der Waals surface area contributed by atoms with Gasteiger partial charge in [0.05, 0.1) is 6.61 Å². The van der Waals surface area contributed by atoms with Gasteiger partial charge in [-0.2, -0.15) is 0 Å². The second-order valence-electron chi connectivity index (χ2n) is 6.82. The molecule has 1 aliphatic rings. The van der Waals surface area contributed by atoms with Gasteiger partial charge in [-0.25, -0.2) is 0 Å². The van der Waals surface area contributed by atoms with Gasteiger partial charge in [0.1, 0.15) is 18.1 Å². The highest BCUT2D eigenvalue weighted by Gasteiger charge is 2.16. The third kappa shape index (κ3) is 3.59. The highest BCUT2D eigenvalue weighted by Crippen LogP contribution is 2.36. The summed E-state index contributed by atoms with van der Waals surface area (Å²) in [6.07, 6.45) is 2.94. The Morgan fingerprint density at radius 3 is 2.74 bits per heavy atom. The van der Waals surface area contributed by atoms with Crippen molar-refractivity contribution in [2.24, 2.45) is 0 Å². The lowest BCUT2D eigenvalue weighted by Gasteiger charge is -2.20. The van der Waals surface area contributed by atoms with E-state index in [4.69, 9.17) is 9.47 Å². The van der Waals surface area contributed by atoms with Gasteiger partial charge in [-0.3, -0.25) is 4.79 Å². The van der Waals surface area contributed by atoms with E-state index in [0.717, 1.165) is 59.5 Å². The van der Waals surface area contributed by atoms with E-state index in [2.05, 4.69) is 6.07 Å². The van der Waals surface area contributed by atoms with E-state index in [1.807, 2.05) is 61.5 Å². The zero-order valence-electron chi connectivity index (χ0n) is 15.4. The Morgan fingerprint density at radius 2 is 1.93 bits per heavy atom. The van der Waals surface area contributed by atoms with Gasteiger partial charge < -0.3 is 9.47 Å². The van der Waals surface area contributed by atoms with E-state index in [1.54, 1.807) is 0 Å². The van der Waals surface area contributed by atoms with Crippen LogP contribution in [0.1, 0.15) is 33.5 Å². The molecule has 0 N–H and O–H groups in total. The number of fused-ring (bicyclic) bond motifs is 1. The molecule has 3 heteroatoms. The summed E-state index contributed by atoms with van der Waals surface area (Å²) in [7, 11) is 0. The van der Waals surface area contributed by atoms with Crippen LogP contribution in [0.2, 0.25) is 0 Å². The quantitative estimate of drug-likeness (QED) is 0.575. The second kappa shape index (κ2) is 7.67. The molecule has 0 saturated heterocycles. The Balaban J connectivity index is 1.70. The summed E-state index contributed by atoms with van der Waals surface area (Å²) in [6.45, 7) is 3.28. The van der Waals surface area contributed by atoms with Gasteiger partial charge in [-0.15, -0.1) is 0 Å². The average molecular weight is 358 g/mol. The molecule has 4 rings (SSSR count). The fourth-order valence-corrected chi connectivity index (χ4v) is 3.60. The number of carbonyl (C=O) groups excluding carboxylic acids is 1. The SMILES string of the molecule is Cc1c(OCc2ccccc2)ccc(C=O)c1-c1ccc2c(c1)CCCO2. The molecule has 0 spiro atoms. The molecule has 0 atom stereocenters. The lowest BCUT2D eigenvalue weighted by atomic mass is 9.92. The Kier molecular flexibility index (Phi) is 4.93. The molecule has 0 fully saturated rings. The van der Waals surface area contributed by atoms with Crippen molar-refractivity contribution >= 4 is 6.29 Å². The maximum Gasteiger partial charge on any atom is 0.150 e. The van der Waals surface area contributed by atoms with Crippen LogP contribution in [0, 0.1) is 6.92 Å². The number of aryl methyl sites for hydroxylation is 1. The molecular weight excluding hydrogens is 336 g/mol. The van der Waals surface area contributed by atoms with Crippen LogP contribution in [0.25, 0.3) is 11.1 Å². The molecule has 0 saturated carbocycles. The number of aldehydes is 1. The maximum absolute atomic E-state index is 11.7. The second-order valence-corrected chi connectivity index (χ2v) is 6.82. The molecule has 136 valence electrons. The van der Waals surface area contributed by atoms with E-state index >= 15 is 0 Å². The molecule has 0 radical (unpaired) electrons. The van der Waals surface area contributed by atoms with E-state index in [9.17, 15) is 4.79 Å². The van der Waals surface area contributed by atoms with Crippen LogP contribution in [0.15, 0.2) is 60.7 Å². The summed E-state index contributed by atoms with van der Waals surface area (Å²) in [5, 5.41) is 0. The van der Waals surface area contributed by atoms with E-state index < -0.39 is 0 Å². The topological polar surface area (TPSA) is 35.5 Å². The zero-order valence-corrected chi connectivity index (χ0v) is 15.4. The molecule has 3 aromatic rings. The first-order chi connectivity index (χ1) is 13.3. The minimum atomic E-state index is 0.500. The Morgan fingerprint density at radius 1 is 1.07 bits per heavy atom. The van der Waals surface area contributed by atoms with Crippen LogP contribution in [0.5, 0.6) is 11.5 Å². The van der Waals surface area contributed by atoms with Gasteiger partial charge in [0, 0.05) is 5.56 Å². The van der Waals surface area contributed by atoms with Crippen molar-refractivity contribution in [2.75, 3.05) is 6.61 Å². The van der Waals surface area contributed by atoms with Gasteiger partial charge in [0.25, 0.3) is 0 Å². The molecule has 0 aromatic heterocycles. The number of hydrogen-bond donors (Lipinski definition) is 0. The van der Waals surface area contributed by atoms with E-state index in [-0.39, 0.29) is 0 Å². The predicted molar refractivity (Wildman–Crippen MR) is 107 cm³/mol. The fraction of sp³-hybridized carbons (Fsp3) is 0.208. The minimum absolute atomic E-state index is 0.500. The summed E-state index contributed by atoms with van der Waals surface area (Å²) in [5.41, 5.74) is 5.94. The normalized spacial score (nSPS) is 12.8.